The standard InChI is InChI=1S/C18H31NO4S/c20-24(21,17-5-6-17)19-9-7-18(8-10-19)11-16(23-14-18)13-22-12-15-3-1-2-4-15/h15-17H,1-14H2. The van der Waals surface area contributed by atoms with Crippen LogP contribution in [0.4, 0.5) is 0 Å². The molecule has 0 aromatic rings. The average molecular weight is 358 g/mol. The van der Waals surface area contributed by atoms with Crippen LogP contribution in [-0.2, 0) is 19.5 Å². The molecule has 1 spiro atoms. The molecule has 6 heteroatoms. The van der Waals surface area contributed by atoms with Gasteiger partial charge in [-0.15, -0.1) is 0 Å². The Kier molecular flexibility index (Phi) is 4.93. The summed E-state index contributed by atoms with van der Waals surface area (Å²) in [6, 6.07) is 0. The second kappa shape index (κ2) is 6.86. The van der Waals surface area contributed by atoms with Crippen molar-refractivity contribution in [1.82, 2.24) is 4.31 Å². The molecule has 4 aliphatic rings. The quantitative estimate of drug-likeness (QED) is 0.733. The zero-order chi connectivity index (χ0) is 16.6. The monoisotopic (exact) mass is 357 g/mol. The molecule has 2 aliphatic carbocycles. The summed E-state index contributed by atoms with van der Waals surface area (Å²) in [6.45, 7) is 3.74. The molecule has 4 rings (SSSR count). The van der Waals surface area contributed by atoms with Gasteiger partial charge in [0.25, 0.3) is 0 Å². The maximum absolute atomic E-state index is 12.4. The van der Waals surface area contributed by atoms with Crippen molar-refractivity contribution in [1.29, 1.82) is 0 Å². The molecule has 5 nitrogen and oxygen atoms in total. The number of ether oxygens (including phenoxy) is 2. The van der Waals surface area contributed by atoms with Crippen LogP contribution in [0.25, 0.3) is 0 Å². The maximum atomic E-state index is 12.4. The maximum Gasteiger partial charge on any atom is 0.216 e. The Hall–Kier alpha value is -0.170. The zero-order valence-electron chi connectivity index (χ0n) is 14.6. The minimum absolute atomic E-state index is 0.0805. The van der Waals surface area contributed by atoms with Gasteiger partial charge in [-0.1, -0.05) is 12.8 Å². The fraction of sp³-hybridized carbons (Fsp3) is 1.00. The molecule has 2 saturated carbocycles. The van der Waals surface area contributed by atoms with Gasteiger partial charge in [0.2, 0.25) is 10.0 Å². The van der Waals surface area contributed by atoms with Gasteiger partial charge in [-0.2, -0.15) is 0 Å². The average Bonchev–Trinajstić information content (AvgIpc) is 3.20. The van der Waals surface area contributed by atoms with Crippen molar-refractivity contribution in [2.24, 2.45) is 11.3 Å². The minimum Gasteiger partial charge on any atom is -0.378 e. The van der Waals surface area contributed by atoms with Crippen molar-refractivity contribution >= 4 is 10.0 Å². The fourth-order valence-corrected chi connectivity index (χ4v) is 6.53. The summed E-state index contributed by atoms with van der Waals surface area (Å²) < 4.78 is 38.4. The van der Waals surface area contributed by atoms with Crippen LogP contribution in [0.3, 0.4) is 0 Å². The molecule has 1 atom stereocenters. The highest BCUT2D eigenvalue weighted by Crippen LogP contribution is 2.44. The molecule has 0 radical (unpaired) electrons. The van der Waals surface area contributed by atoms with E-state index in [0.717, 1.165) is 51.2 Å². The first kappa shape index (κ1) is 17.3. The number of hydrogen-bond donors (Lipinski definition) is 0. The second-order valence-electron chi connectivity index (χ2n) is 8.47. The third-order valence-corrected chi connectivity index (χ3v) is 8.91. The van der Waals surface area contributed by atoms with E-state index >= 15 is 0 Å². The van der Waals surface area contributed by atoms with Crippen LogP contribution in [0.2, 0.25) is 0 Å². The Bertz CT molecular complexity index is 531. The van der Waals surface area contributed by atoms with E-state index in [9.17, 15) is 8.42 Å². The van der Waals surface area contributed by atoms with Gasteiger partial charge in [0.1, 0.15) is 0 Å². The third kappa shape index (κ3) is 3.67. The normalized spacial score (nSPS) is 31.9. The van der Waals surface area contributed by atoms with E-state index in [1.54, 1.807) is 4.31 Å². The molecule has 24 heavy (non-hydrogen) atoms. The molecule has 0 N–H and O–H groups in total. The molecule has 0 bridgehead atoms. The van der Waals surface area contributed by atoms with Crippen molar-refractivity contribution in [3.8, 4) is 0 Å². The van der Waals surface area contributed by atoms with Crippen molar-refractivity contribution < 1.29 is 17.9 Å². The van der Waals surface area contributed by atoms with Gasteiger partial charge < -0.3 is 9.47 Å². The van der Waals surface area contributed by atoms with E-state index in [2.05, 4.69) is 0 Å². The number of hydrogen-bond acceptors (Lipinski definition) is 4. The number of rotatable bonds is 6. The van der Waals surface area contributed by atoms with Gasteiger partial charge >= 0.3 is 0 Å². The van der Waals surface area contributed by atoms with Crippen LogP contribution < -0.4 is 0 Å². The fourth-order valence-electron chi connectivity index (χ4n) is 4.69. The predicted octanol–water partition coefficient (Wildman–Crippen LogP) is 2.56. The van der Waals surface area contributed by atoms with Crippen LogP contribution in [-0.4, -0.2) is 57.0 Å². The van der Waals surface area contributed by atoms with E-state index in [-0.39, 0.29) is 16.8 Å². The Balaban J connectivity index is 1.21. The van der Waals surface area contributed by atoms with Crippen LogP contribution in [0.5, 0.6) is 0 Å². The summed E-state index contributed by atoms with van der Waals surface area (Å²) in [5, 5.41) is -0.0805. The van der Waals surface area contributed by atoms with E-state index in [4.69, 9.17) is 9.47 Å². The summed E-state index contributed by atoms with van der Waals surface area (Å²) in [6.07, 6.45) is 10.2. The van der Waals surface area contributed by atoms with Gasteiger partial charge in [-0.25, -0.2) is 12.7 Å². The Morgan fingerprint density at radius 3 is 2.42 bits per heavy atom. The molecule has 0 aromatic carbocycles. The van der Waals surface area contributed by atoms with Crippen LogP contribution in [0.15, 0.2) is 0 Å². The molecular weight excluding hydrogens is 326 g/mol. The smallest absolute Gasteiger partial charge is 0.216 e. The highest BCUT2D eigenvalue weighted by atomic mass is 32.2. The number of piperidine rings is 1. The minimum atomic E-state index is -3.00. The summed E-state index contributed by atoms with van der Waals surface area (Å²) in [5.41, 5.74) is 0.191. The summed E-state index contributed by atoms with van der Waals surface area (Å²) in [5.74, 6) is 0.760. The molecule has 2 aliphatic heterocycles. The topological polar surface area (TPSA) is 55.8 Å². The zero-order valence-corrected chi connectivity index (χ0v) is 15.4. The SMILES string of the molecule is O=S(=O)(C1CC1)N1CCC2(CC1)COC(COCC1CCCC1)C2. The van der Waals surface area contributed by atoms with E-state index in [1.807, 2.05) is 0 Å². The van der Waals surface area contributed by atoms with Gasteiger partial charge in [0.05, 0.1) is 24.6 Å². The van der Waals surface area contributed by atoms with Crippen LogP contribution in [0, 0.1) is 11.3 Å². The lowest BCUT2D eigenvalue weighted by Crippen LogP contribution is -2.44. The van der Waals surface area contributed by atoms with Crippen molar-refractivity contribution in [3.05, 3.63) is 0 Å². The molecule has 2 saturated heterocycles. The van der Waals surface area contributed by atoms with Crippen LogP contribution >= 0.6 is 0 Å². The van der Waals surface area contributed by atoms with Crippen molar-refractivity contribution in [2.45, 2.75) is 69.1 Å². The van der Waals surface area contributed by atoms with Crippen LogP contribution in [0.1, 0.15) is 57.8 Å². The highest BCUT2D eigenvalue weighted by molar-refractivity contribution is 7.90. The first-order valence-electron chi connectivity index (χ1n) is 9.76. The van der Waals surface area contributed by atoms with Gasteiger partial charge in [-0.3, -0.25) is 0 Å². The molecule has 0 amide bonds. The molecule has 138 valence electrons. The highest BCUT2D eigenvalue weighted by Gasteiger charge is 2.47. The third-order valence-electron chi connectivity index (χ3n) is 6.51. The summed E-state index contributed by atoms with van der Waals surface area (Å²) >= 11 is 0. The summed E-state index contributed by atoms with van der Waals surface area (Å²) in [7, 11) is -3.00. The Labute approximate surface area is 146 Å². The van der Waals surface area contributed by atoms with Gasteiger partial charge in [0.15, 0.2) is 0 Å². The lowest BCUT2D eigenvalue weighted by molar-refractivity contribution is 0.00322. The Morgan fingerprint density at radius 2 is 1.75 bits per heavy atom. The van der Waals surface area contributed by atoms with E-state index in [1.165, 1.54) is 25.7 Å². The molecule has 1 unspecified atom stereocenters. The van der Waals surface area contributed by atoms with E-state index < -0.39 is 10.0 Å². The molecule has 2 heterocycles. The first-order chi connectivity index (χ1) is 11.6. The summed E-state index contributed by atoms with van der Waals surface area (Å²) in [4.78, 5) is 0. The van der Waals surface area contributed by atoms with Gasteiger partial charge in [-0.05, 0) is 56.3 Å². The molecule has 4 fully saturated rings. The van der Waals surface area contributed by atoms with E-state index in [0.29, 0.717) is 19.7 Å². The van der Waals surface area contributed by atoms with Gasteiger partial charge in [0, 0.05) is 19.7 Å². The lowest BCUT2D eigenvalue weighted by atomic mass is 9.77. The largest absolute Gasteiger partial charge is 0.378 e. The Morgan fingerprint density at radius 1 is 1.04 bits per heavy atom. The lowest BCUT2D eigenvalue weighted by Gasteiger charge is -2.37. The predicted molar refractivity (Wildman–Crippen MR) is 92.3 cm³/mol. The van der Waals surface area contributed by atoms with Crippen molar-refractivity contribution in [3.63, 3.8) is 0 Å². The molecular formula is C18H31NO4S. The number of nitrogens with zero attached hydrogens (tertiary/aromatic N) is 1. The number of sulfonamides is 1. The van der Waals surface area contributed by atoms with Crippen molar-refractivity contribution in [2.75, 3.05) is 32.9 Å². The molecule has 0 aromatic heterocycles. The second-order valence-corrected chi connectivity index (χ2v) is 10.7. The first-order valence-corrected chi connectivity index (χ1v) is 11.3.